The van der Waals surface area contributed by atoms with E-state index in [1.165, 1.54) is 11.6 Å². The molecule has 4 heteroatoms. The fourth-order valence-electron chi connectivity index (χ4n) is 1.90. The molecule has 0 aliphatic carbocycles. The predicted molar refractivity (Wildman–Crippen MR) is 79.2 cm³/mol. The van der Waals surface area contributed by atoms with E-state index in [9.17, 15) is 10.2 Å². The van der Waals surface area contributed by atoms with Crippen molar-refractivity contribution in [3.8, 4) is 11.5 Å². The average Bonchev–Trinajstić information content (AvgIpc) is 2.38. The maximum atomic E-state index is 9.72. The van der Waals surface area contributed by atoms with Crippen molar-refractivity contribution in [3.63, 3.8) is 0 Å². The molecule has 0 aliphatic rings. The van der Waals surface area contributed by atoms with Gasteiger partial charge in [0.15, 0.2) is 0 Å². The van der Waals surface area contributed by atoms with Crippen LogP contribution in [0.2, 0.25) is 0 Å². The van der Waals surface area contributed by atoms with Gasteiger partial charge in [-0.3, -0.25) is 0 Å². The largest absolute Gasteiger partial charge is 0.508 e. The van der Waals surface area contributed by atoms with Crippen molar-refractivity contribution in [2.45, 2.75) is 19.5 Å². The SMILES string of the molecule is C[C@H](NCc1ccc(O)cc1O)c1ccccc1Br. The van der Waals surface area contributed by atoms with Crippen LogP contribution in [0.5, 0.6) is 11.5 Å². The normalized spacial score (nSPS) is 12.3. The van der Waals surface area contributed by atoms with Crippen molar-refractivity contribution in [1.29, 1.82) is 0 Å². The van der Waals surface area contributed by atoms with Gasteiger partial charge >= 0.3 is 0 Å². The summed E-state index contributed by atoms with van der Waals surface area (Å²) in [6, 6.07) is 12.8. The third kappa shape index (κ3) is 3.49. The minimum atomic E-state index is 0.0695. The number of rotatable bonds is 4. The Kier molecular flexibility index (Phi) is 4.45. The highest BCUT2D eigenvalue weighted by atomic mass is 79.9. The first kappa shape index (κ1) is 13.9. The Morgan fingerprint density at radius 3 is 2.58 bits per heavy atom. The van der Waals surface area contributed by atoms with Crippen molar-refractivity contribution in [2.24, 2.45) is 0 Å². The van der Waals surface area contributed by atoms with Crippen LogP contribution in [0.15, 0.2) is 46.9 Å². The van der Waals surface area contributed by atoms with Crippen LogP contribution in [-0.2, 0) is 6.54 Å². The first-order valence-electron chi connectivity index (χ1n) is 6.06. The van der Waals surface area contributed by atoms with Crippen molar-refractivity contribution < 1.29 is 10.2 Å². The lowest BCUT2D eigenvalue weighted by Crippen LogP contribution is -2.18. The minimum absolute atomic E-state index is 0.0695. The monoisotopic (exact) mass is 321 g/mol. The first-order valence-corrected chi connectivity index (χ1v) is 6.86. The topological polar surface area (TPSA) is 52.5 Å². The Labute approximate surface area is 121 Å². The summed E-state index contributed by atoms with van der Waals surface area (Å²) >= 11 is 3.52. The molecule has 0 saturated heterocycles. The molecule has 1 atom stereocenters. The van der Waals surface area contributed by atoms with Crippen LogP contribution in [0.25, 0.3) is 0 Å². The smallest absolute Gasteiger partial charge is 0.123 e. The van der Waals surface area contributed by atoms with Gasteiger partial charge in [0, 0.05) is 28.7 Å². The molecular weight excluding hydrogens is 306 g/mol. The molecule has 0 unspecified atom stereocenters. The summed E-state index contributed by atoms with van der Waals surface area (Å²) in [6.45, 7) is 2.60. The number of nitrogens with one attached hydrogen (secondary N) is 1. The summed E-state index contributed by atoms with van der Waals surface area (Å²) in [7, 11) is 0. The minimum Gasteiger partial charge on any atom is -0.508 e. The Hall–Kier alpha value is -1.52. The zero-order valence-electron chi connectivity index (χ0n) is 10.6. The van der Waals surface area contributed by atoms with Gasteiger partial charge in [-0.05, 0) is 24.6 Å². The van der Waals surface area contributed by atoms with E-state index in [0.29, 0.717) is 6.54 Å². The molecule has 0 aromatic heterocycles. The summed E-state index contributed by atoms with van der Waals surface area (Å²) in [4.78, 5) is 0. The van der Waals surface area contributed by atoms with Crippen LogP contribution in [0.1, 0.15) is 24.1 Å². The van der Waals surface area contributed by atoms with E-state index < -0.39 is 0 Å². The fraction of sp³-hybridized carbons (Fsp3) is 0.200. The van der Waals surface area contributed by atoms with Crippen LogP contribution in [0.3, 0.4) is 0 Å². The lowest BCUT2D eigenvalue weighted by molar-refractivity contribution is 0.441. The number of halogens is 1. The van der Waals surface area contributed by atoms with Crippen molar-refractivity contribution in [2.75, 3.05) is 0 Å². The number of hydrogen-bond donors (Lipinski definition) is 3. The molecule has 2 aromatic rings. The molecule has 0 heterocycles. The molecule has 100 valence electrons. The van der Waals surface area contributed by atoms with Crippen molar-refractivity contribution in [3.05, 3.63) is 58.1 Å². The zero-order valence-corrected chi connectivity index (χ0v) is 12.2. The molecule has 0 radical (unpaired) electrons. The first-order chi connectivity index (χ1) is 9.08. The molecule has 0 fully saturated rings. The maximum absolute atomic E-state index is 9.72. The van der Waals surface area contributed by atoms with Crippen molar-refractivity contribution >= 4 is 15.9 Å². The lowest BCUT2D eigenvalue weighted by atomic mass is 10.1. The summed E-state index contributed by atoms with van der Waals surface area (Å²) in [5, 5.41) is 22.3. The molecule has 3 nitrogen and oxygen atoms in total. The molecule has 0 spiro atoms. The van der Waals surface area contributed by atoms with Crippen LogP contribution in [0, 0.1) is 0 Å². The molecule has 0 saturated carbocycles. The summed E-state index contributed by atoms with van der Waals surface area (Å²) in [5.74, 6) is 0.173. The third-order valence-electron chi connectivity index (χ3n) is 3.04. The van der Waals surface area contributed by atoms with E-state index in [0.717, 1.165) is 10.0 Å². The number of phenolic OH excluding ortho intramolecular Hbond substituents is 2. The Bertz CT molecular complexity index is 572. The van der Waals surface area contributed by atoms with Crippen molar-refractivity contribution in [1.82, 2.24) is 5.32 Å². The number of hydrogen-bond acceptors (Lipinski definition) is 3. The average molecular weight is 322 g/mol. The second kappa shape index (κ2) is 6.08. The number of benzene rings is 2. The highest BCUT2D eigenvalue weighted by molar-refractivity contribution is 9.10. The molecule has 0 amide bonds. The van der Waals surface area contributed by atoms with Crippen LogP contribution in [0.4, 0.5) is 0 Å². The van der Waals surface area contributed by atoms with Crippen LogP contribution < -0.4 is 5.32 Å². The standard InChI is InChI=1S/C15H16BrNO2/c1-10(13-4-2-3-5-14(13)16)17-9-11-6-7-12(18)8-15(11)19/h2-8,10,17-19H,9H2,1H3/t10-/m0/s1. The van der Waals surface area contributed by atoms with Gasteiger partial charge in [0.1, 0.15) is 11.5 Å². The van der Waals surface area contributed by atoms with Gasteiger partial charge in [0.05, 0.1) is 0 Å². The van der Waals surface area contributed by atoms with Gasteiger partial charge in [-0.1, -0.05) is 40.2 Å². The molecule has 3 N–H and O–H groups in total. The fourth-order valence-corrected chi connectivity index (χ4v) is 2.53. The second-order valence-electron chi connectivity index (χ2n) is 4.44. The highest BCUT2D eigenvalue weighted by Crippen LogP contribution is 2.25. The van der Waals surface area contributed by atoms with Gasteiger partial charge < -0.3 is 15.5 Å². The van der Waals surface area contributed by atoms with E-state index >= 15 is 0 Å². The van der Waals surface area contributed by atoms with Crippen LogP contribution >= 0.6 is 15.9 Å². The lowest BCUT2D eigenvalue weighted by Gasteiger charge is -2.16. The van der Waals surface area contributed by atoms with Crippen LogP contribution in [-0.4, -0.2) is 10.2 Å². The third-order valence-corrected chi connectivity index (χ3v) is 3.76. The van der Waals surface area contributed by atoms with E-state index in [-0.39, 0.29) is 17.5 Å². The van der Waals surface area contributed by atoms with E-state index in [1.54, 1.807) is 12.1 Å². The molecule has 19 heavy (non-hydrogen) atoms. The highest BCUT2D eigenvalue weighted by Gasteiger charge is 2.09. The van der Waals surface area contributed by atoms with Gasteiger partial charge in [-0.15, -0.1) is 0 Å². The summed E-state index contributed by atoms with van der Waals surface area (Å²) in [5.41, 5.74) is 1.93. The molecule has 2 rings (SSSR count). The Morgan fingerprint density at radius 2 is 1.89 bits per heavy atom. The molecule has 2 aromatic carbocycles. The maximum Gasteiger partial charge on any atom is 0.123 e. The summed E-state index contributed by atoms with van der Waals surface area (Å²) in [6.07, 6.45) is 0. The van der Waals surface area contributed by atoms with E-state index in [1.807, 2.05) is 18.2 Å². The van der Waals surface area contributed by atoms with E-state index in [4.69, 9.17) is 0 Å². The Morgan fingerprint density at radius 1 is 1.16 bits per heavy atom. The Balaban J connectivity index is 2.04. The number of phenols is 2. The molecule has 0 bridgehead atoms. The van der Waals surface area contributed by atoms with Gasteiger partial charge in [-0.25, -0.2) is 0 Å². The quantitative estimate of drug-likeness (QED) is 0.804. The zero-order chi connectivity index (χ0) is 13.8. The second-order valence-corrected chi connectivity index (χ2v) is 5.29. The van der Waals surface area contributed by atoms with Gasteiger partial charge in [-0.2, -0.15) is 0 Å². The predicted octanol–water partition coefficient (Wildman–Crippen LogP) is 3.71. The van der Waals surface area contributed by atoms with E-state index in [2.05, 4.69) is 34.2 Å². The summed E-state index contributed by atoms with van der Waals surface area (Å²) < 4.78 is 1.06. The van der Waals surface area contributed by atoms with Gasteiger partial charge in [0.2, 0.25) is 0 Å². The molecular formula is C15H16BrNO2. The molecule has 0 aliphatic heterocycles. The number of aromatic hydroxyl groups is 2. The van der Waals surface area contributed by atoms with Gasteiger partial charge in [0.25, 0.3) is 0 Å².